The molecule has 1 rings (SSSR count). The molecule has 0 saturated heterocycles. The highest BCUT2D eigenvalue weighted by atomic mass is 16.5. The number of hydrogen-bond donors (Lipinski definition) is 3. The molecule has 1 aromatic heterocycles. The molecule has 0 aromatic carbocycles. The summed E-state index contributed by atoms with van der Waals surface area (Å²) < 4.78 is 5.50. The molecule has 0 aliphatic heterocycles. The minimum Gasteiger partial charge on any atom is -0.380 e. The lowest BCUT2D eigenvalue weighted by molar-refractivity contribution is 0.126. The fourth-order valence-electron chi connectivity index (χ4n) is 1.64. The van der Waals surface area contributed by atoms with Crippen LogP contribution in [-0.2, 0) is 11.2 Å². The van der Waals surface area contributed by atoms with Gasteiger partial charge in [-0.05, 0) is 12.8 Å². The lowest BCUT2D eigenvalue weighted by Gasteiger charge is -2.23. The number of ether oxygens (including phenoxy) is 1. The molecule has 0 spiro atoms. The lowest BCUT2D eigenvalue weighted by Crippen LogP contribution is -2.31. The molecule has 1 atom stereocenters. The number of nitrogen functional groups attached to an aromatic ring is 1. The van der Waals surface area contributed by atoms with E-state index in [2.05, 4.69) is 34.6 Å². The Bertz CT molecular complexity index is 361. The van der Waals surface area contributed by atoms with Gasteiger partial charge in [0.25, 0.3) is 0 Å². The van der Waals surface area contributed by atoms with Crippen molar-refractivity contribution in [1.82, 2.24) is 9.97 Å². The molecule has 1 heterocycles. The highest BCUT2D eigenvalue weighted by Gasteiger charge is 2.14. The highest BCUT2D eigenvalue weighted by molar-refractivity contribution is 5.47. The first-order valence-corrected chi connectivity index (χ1v) is 6.79. The minimum atomic E-state index is 0.213. The quantitative estimate of drug-likeness (QED) is 0.492. The molecule has 1 aromatic rings. The van der Waals surface area contributed by atoms with E-state index in [1.165, 1.54) is 0 Å². The van der Waals surface area contributed by atoms with E-state index in [1.807, 2.05) is 13.8 Å². The van der Waals surface area contributed by atoms with Gasteiger partial charge in [0.1, 0.15) is 17.5 Å². The second kappa shape index (κ2) is 7.91. The summed E-state index contributed by atoms with van der Waals surface area (Å²) in [5.74, 6) is 8.02. The zero-order chi connectivity index (χ0) is 14.3. The van der Waals surface area contributed by atoms with Crippen LogP contribution in [0.25, 0.3) is 0 Å². The van der Waals surface area contributed by atoms with Crippen molar-refractivity contribution in [2.24, 2.45) is 11.8 Å². The van der Waals surface area contributed by atoms with Crippen LogP contribution in [0.1, 0.15) is 33.5 Å². The molecule has 0 fully saturated rings. The summed E-state index contributed by atoms with van der Waals surface area (Å²) in [6, 6.07) is 2.02. The number of nitrogens with zero attached hydrogens (tertiary/aromatic N) is 2. The number of aryl methyl sites for hydroxylation is 1. The highest BCUT2D eigenvalue weighted by Crippen LogP contribution is 2.15. The molecule has 108 valence electrons. The number of rotatable bonds is 8. The fourth-order valence-corrected chi connectivity index (χ4v) is 1.64. The third-order valence-electron chi connectivity index (χ3n) is 2.88. The Morgan fingerprint density at radius 2 is 1.95 bits per heavy atom. The summed E-state index contributed by atoms with van der Waals surface area (Å²) in [4.78, 5) is 8.72. The van der Waals surface area contributed by atoms with Gasteiger partial charge < -0.3 is 15.5 Å². The first-order valence-electron chi connectivity index (χ1n) is 6.79. The predicted octanol–water partition coefficient (Wildman–Crippen LogP) is 1.80. The fraction of sp³-hybridized carbons (Fsp3) is 0.692. The molecule has 0 aliphatic rings. The average Bonchev–Trinajstić information content (AvgIpc) is 2.42. The molecule has 0 bridgehead atoms. The van der Waals surface area contributed by atoms with Crippen LogP contribution in [0.3, 0.4) is 0 Å². The summed E-state index contributed by atoms with van der Waals surface area (Å²) in [6.45, 7) is 9.68. The van der Waals surface area contributed by atoms with Gasteiger partial charge in [0.2, 0.25) is 0 Å². The van der Waals surface area contributed by atoms with Crippen molar-refractivity contribution in [1.29, 1.82) is 0 Å². The van der Waals surface area contributed by atoms with E-state index in [4.69, 9.17) is 10.6 Å². The van der Waals surface area contributed by atoms with Crippen molar-refractivity contribution in [3.05, 3.63) is 11.9 Å². The van der Waals surface area contributed by atoms with E-state index in [-0.39, 0.29) is 6.04 Å². The smallest absolute Gasteiger partial charge is 0.145 e. The molecule has 19 heavy (non-hydrogen) atoms. The third kappa shape index (κ3) is 5.00. The Morgan fingerprint density at radius 1 is 1.26 bits per heavy atom. The van der Waals surface area contributed by atoms with E-state index in [0.29, 0.717) is 24.9 Å². The molecule has 0 radical (unpaired) electrons. The van der Waals surface area contributed by atoms with E-state index in [9.17, 15) is 0 Å². The molecule has 0 amide bonds. The number of nitrogens with two attached hydrogens (primary N) is 1. The van der Waals surface area contributed by atoms with Crippen LogP contribution in [0, 0.1) is 5.92 Å². The number of hydrogen-bond acceptors (Lipinski definition) is 6. The van der Waals surface area contributed by atoms with Gasteiger partial charge in [-0.3, -0.25) is 0 Å². The number of nitrogens with one attached hydrogen (secondary N) is 2. The zero-order valence-electron chi connectivity index (χ0n) is 12.2. The van der Waals surface area contributed by atoms with Crippen LogP contribution < -0.4 is 16.6 Å². The van der Waals surface area contributed by atoms with Gasteiger partial charge >= 0.3 is 0 Å². The van der Waals surface area contributed by atoms with Crippen LogP contribution in [0.2, 0.25) is 0 Å². The van der Waals surface area contributed by atoms with Crippen molar-refractivity contribution < 1.29 is 4.74 Å². The number of hydrazine groups is 1. The van der Waals surface area contributed by atoms with Crippen molar-refractivity contribution in [3.8, 4) is 0 Å². The Morgan fingerprint density at radius 3 is 2.47 bits per heavy atom. The third-order valence-corrected chi connectivity index (χ3v) is 2.88. The van der Waals surface area contributed by atoms with Gasteiger partial charge in [-0.15, -0.1) is 0 Å². The van der Waals surface area contributed by atoms with Gasteiger partial charge in [0.15, 0.2) is 0 Å². The van der Waals surface area contributed by atoms with Crippen molar-refractivity contribution in [3.63, 3.8) is 0 Å². The van der Waals surface area contributed by atoms with Gasteiger partial charge in [-0.2, -0.15) is 0 Å². The maximum Gasteiger partial charge on any atom is 0.145 e. The lowest BCUT2D eigenvalue weighted by atomic mass is 10.1. The second-order valence-electron chi connectivity index (χ2n) is 4.71. The summed E-state index contributed by atoms with van der Waals surface area (Å²) in [6.07, 6.45) is 0.766. The molecule has 4 N–H and O–H groups in total. The molecule has 0 aliphatic carbocycles. The Labute approximate surface area is 115 Å². The maximum absolute atomic E-state index is 5.50. The van der Waals surface area contributed by atoms with Crippen molar-refractivity contribution in [2.75, 3.05) is 24.0 Å². The summed E-state index contributed by atoms with van der Waals surface area (Å²) in [5, 5.41) is 3.39. The normalized spacial score (nSPS) is 12.5. The maximum atomic E-state index is 5.50. The molecule has 6 heteroatoms. The average molecular weight is 267 g/mol. The van der Waals surface area contributed by atoms with Crippen molar-refractivity contribution >= 4 is 11.6 Å². The second-order valence-corrected chi connectivity index (χ2v) is 4.71. The van der Waals surface area contributed by atoms with E-state index in [1.54, 1.807) is 6.07 Å². The van der Waals surface area contributed by atoms with Crippen LogP contribution >= 0.6 is 0 Å². The monoisotopic (exact) mass is 267 g/mol. The van der Waals surface area contributed by atoms with Gasteiger partial charge in [-0.1, -0.05) is 20.8 Å². The van der Waals surface area contributed by atoms with Crippen LogP contribution in [-0.4, -0.2) is 29.2 Å². The first-order chi connectivity index (χ1) is 9.10. The topological polar surface area (TPSA) is 85.1 Å². The first kappa shape index (κ1) is 15.7. The van der Waals surface area contributed by atoms with Gasteiger partial charge in [0, 0.05) is 19.1 Å². The van der Waals surface area contributed by atoms with E-state index in [0.717, 1.165) is 18.1 Å². The Balaban J connectivity index is 2.82. The van der Waals surface area contributed by atoms with E-state index >= 15 is 0 Å². The molecule has 6 nitrogen and oxygen atoms in total. The van der Waals surface area contributed by atoms with Crippen LogP contribution in [0.4, 0.5) is 11.6 Å². The Hall–Kier alpha value is -1.40. The van der Waals surface area contributed by atoms with Crippen molar-refractivity contribution in [2.45, 2.75) is 40.2 Å². The predicted molar refractivity (Wildman–Crippen MR) is 78.0 cm³/mol. The van der Waals surface area contributed by atoms with Crippen LogP contribution in [0.15, 0.2) is 6.07 Å². The zero-order valence-corrected chi connectivity index (χ0v) is 12.2. The standard InChI is InChI=1S/C13H25N5O/c1-5-11-16-12(7-13(17-11)18-14)15-10(9(3)4)8-19-6-2/h7,9-10H,5-6,8,14H2,1-4H3,(H2,15,16,17,18). The number of anilines is 2. The molecule has 1 unspecified atom stereocenters. The van der Waals surface area contributed by atoms with Gasteiger partial charge in [0.05, 0.1) is 12.6 Å². The summed E-state index contributed by atoms with van der Waals surface area (Å²) in [5.41, 5.74) is 2.57. The van der Waals surface area contributed by atoms with Gasteiger partial charge in [-0.25, -0.2) is 15.8 Å². The van der Waals surface area contributed by atoms with E-state index < -0.39 is 0 Å². The van der Waals surface area contributed by atoms with Crippen LogP contribution in [0.5, 0.6) is 0 Å². The molecular formula is C13H25N5O. The number of aromatic nitrogens is 2. The summed E-state index contributed by atoms with van der Waals surface area (Å²) >= 11 is 0. The summed E-state index contributed by atoms with van der Waals surface area (Å²) in [7, 11) is 0. The SMILES string of the molecule is CCOCC(Nc1cc(NN)nc(CC)n1)C(C)C. The largest absolute Gasteiger partial charge is 0.380 e. The molecule has 0 saturated carbocycles. The minimum absolute atomic E-state index is 0.213. The Kier molecular flexibility index (Phi) is 6.52. The molecular weight excluding hydrogens is 242 g/mol.